The van der Waals surface area contributed by atoms with E-state index < -0.39 is 17.7 Å². The molecule has 51 heavy (non-hydrogen) atoms. The molecule has 0 aliphatic heterocycles. The summed E-state index contributed by atoms with van der Waals surface area (Å²) in [4.78, 5) is 35.5. The Kier molecular flexibility index (Phi) is 13.6. The number of benzene rings is 2. The first-order valence-corrected chi connectivity index (χ1v) is 18.3. The van der Waals surface area contributed by atoms with Crippen LogP contribution < -0.4 is 5.32 Å². The molecule has 7 unspecified atom stereocenters. The van der Waals surface area contributed by atoms with Gasteiger partial charge < -0.3 is 14.8 Å². The van der Waals surface area contributed by atoms with Crippen LogP contribution in [0.4, 0.5) is 13.2 Å². The molecule has 0 saturated heterocycles. The number of allylic oxidation sites excluding steroid dienone is 1. The predicted octanol–water partition coefficient (Wildman–Crippen LogP) is 9.34. The zero-order valence-electron chi connectivity index (χ0n) is 30.2. The second-order valence-electron chi connectivity index (χ2n) is 15.2. The number of alkyl halides is 3. The number of ether oxygens (including phenoxy) is 2. The van der Waals surface area contributed by atoms with E-state index in [-0.39, 0.29) is 48.0 Å². The highest BCUT2D eigenvalue weighted by Gasteiger charge is 2.59. The summed E-state index contributed by atoms with van der Waals surface area (Å²) in [6.45, 7) is 9.19. The summed E-state index contributed by atoms with van der Waals surface area (Å²) in [7, 11) is 0. The Hall–Kier alpha value is -3.17. The number of esters is 2. The summed E-state index contributed by atoms with van der Waals surface area (Å²) in [6.07, 6.45) is 7.39. The highest BCUT2D eigenvalue weighted by molar-refractivity contribution is 5.91. The molecule has 7 atom stereocenters. The van der Waals surface area contributed by atoms with E-state index >= 15 is 0 Å². The van der Waals surface area contributed by atoms with Crippen molar-refractivity contribution in [1.29, 1.82) is 0 Å². The van der Waals surface area contributed by atoms with E-state index in [9.17, 15) is 27.6 Å². The fraction of sp³-hybridized carbons (Fsp3) is 0.585. The molecular weight excluding hydrogens is 679 g/mol. The van der Waals surface area contributed by atoms with Gasteiger partial charge in [-0.25, -0.2) is 4.79 Å². The molecule has 0 heterocycles. The molecule has 4 aliphatic rings. The van der Waals surface area contributed by atoms with Gasteiger partial charge in [-0.05, 0) is 111 Å². The Morgan fingerprint density at radius 1 is 0.961 bits per heavy atom. The van der Waals surface area contributed by atoms with Crippen LogP contribution in [0.1, 0.15) is 107 Å². The maximum atomic E-state index is 12.7. The Morgan fingerprint density at radius 3 is 2.41 bits per heavy atom. The molecule has 6 nitrogen and oxygen atoms in total. The second kappa shape index (κ2) is 17.1. The Labute approximate surface area is 306 Å². The quantitative estimate of drug-likeness (QED) is 0.205. The third kappa shape index (κ3) is 9.44. The maximum Gasteiger partial charge on any atom is 0.416 e. The fourth-order valence-corrected chi connectivity index (χ4v) is 9.35. The number of carbonyl (C=O) groups excluding carboxylic acids is 3. The van der Waals surface area contributed by atoms with Crippen LogP contribution in [-0.4, -0.2) is 43.0 Å². The standard InChI is InChI=1S/C22H32O3.C19H20F3NO2.ClH/c1-4-20(24)25-19-8-7-17-16-6-5-14-13-15(23)9-11-21(14,2)18(16)10-12-22(17,19)3;1-14(12-15-6-5-9-17(13-15)19(20,21)22)23-10-11-25-18(24)16-7-3-2-4-8-16;/h13,16-19H,4-12H2,1-3H3;2-9,13-14,23H,10-12H2,1H3;1H. The molecule has 4 aliphatic carbocycles. The van der Waals surface area contributed by atoms with Gasteiger partial charge in [-0.2, -0.15) is 13.2 Å². The molecule has 0 spiro atoms. The van der Waals surface area contributed by atoms with Gasteiger partial charge in [0.1, 0.15) is 12.7 Å². The SMILES string of the molecule is CC(Cc1cccc(C(F)(F)F)c1)NCCOC(=O)c1ccccc1.CCC(=O)OC1CCC2C3CCC4=CC(=O)CCC4(C)C3CCC12C.Cl. The number of fused-ring (bicyclic) bond motifs is 5. The Bertz CT molecular complexity index is 1550. The van der Waals surface area contributed by atoms with E-state index in [1.165, 1.54) is 30.9 Å². The molecule has 0 aromatic heterocycles. The highest BCUT2D eigenvalue weighted by Crippen LogP contribution is 2.65. The van der Waals surface area contributed by atoms with Crippen LogP contribution in [0.2, 0.25) is 0 Å². The van der Waals surface area contributed by atoms with E-state index in [1.807, 2.05) is 26.0 Å². The third-order valence-electron chi connectivity index (χ3n) is 12.1. The molecule has 0 amide bonds. The first-order valence-electron chi connectivity index (χ1n) is 18.3. The number of hydrogen-bond donors (Lipinski definition) is 1. The number of hydrogen-bond acceptors (Lipinski definition) is 6. The van der Waals surface area contributed by atoms with Crippen LogP contribution >= 0.6 is 12.4 Å². The van der Waals surface area contributed by atoms with Gasteiger partial charge in [0.05, 0.1) is 11.1 Å². The molecule has 2 aromatic rings. The van der Waals surface area contributed by atoms with Crippen LogP contribution in [0.25, 0.3) is 0 Å². The first kappa shape index (κ1) is 40.6. The third-order valence-corrected chi connectivity index (χ3v) is 12.1. The van der Waals surface area contributed by atoms with Crippen LogP contribution in [0.5, 0.6) is 0 Å². The van der Waals surface area contributed by atoms with E-state index in [1.54, 1.807) is 30.3 Å². The van der Waals surface area contributed by atoms with Crippen molar-refractivity contribution in [3.63, 3.8) is 0 Å². The average molecular weight is 732 g/mol. The van der Waals surface area contributed by atoms with Crippen molar-refractivity contribution < 1.29 is 37.0 Å². The lowest BCUT2D eigenvalue weighted by Crippen LogP contribution is -2.51. The number of nitrogens with one attached hydrogen (secondary N) is 1. The second-order valence-corrected chi connectivity index (χ2v) is 15.2. The topological polar surface area (TPSA) is 81.7 Å². The minimum Gasteiger partial charge on any atom is -0.462 e. The lowest BCUT2D eigenvalue weighted by molar-refractivity contribution is -0.159. The molecule has 3 saturated carbocycles. The zero-order valence-corrected chi connectivity index (χ0v) is 31.0. The number of rotatable bonds is 9. The summed E-state index contributed by atoms with van der Waals surface area (Å²) >= 11 is 0. The molecule has 2 aromatic carbocycles. The predicted molar refractivity (Wildman–Crippen MR) is 193 cm³/mol. The van der Waals surface area contributed by atoms with E-state index in [2.05, 4.69) is 19.2 Å². The lowest BCUT2D eigenvalue weighted by atomic mass is 9.47. The summed E-state index contributed by atoms with van der Waals surface area (Å²) < 4.78 is 49.1. The van der Waals surface area contributed by atoms with Gasteiger partial charge in [-0.15, -0.1) is 12.4 Å². The van der Waals surface area contributed by atoms with Gasteiger partial charge in [-0.1, -0.05) is 62.7 Å². The first-order chi connectivity index (χ1) is 23.7. The van der Waals surface area contributed by atoms with E-state index in [4.69, 9.17) is 9.47 Å². The molecule has 1 N–H and O–H groups in total. The number of ketones is 1. The van der Waals surface area contributed by atoms with Crippen molar-refractivity contribution >= 4 is 30.1 Å². The van der Waals surface area contributed by atoms with Crippen LogP contribution in [0, 0.1) is 28.6 Å². The van der Waals surface area contributed by atoms with Crippen molar-refractivity contribution in [2.75, 3.05) is 13.2 Å². The summed E-state index contributed by atoms with van der Waals surface area (Å²) in [5, 5.41) is 3.14. The van der Waals surface area contributed by atoms with Crippen molar-refractivity contribution in [1.82, 2.24) is 5.32 Å². The minimum atomic E-state index is -4.34. The lowest BCUT2D eigenvalue weighted by Gasteiger charge is -2.57. The molecule has 6 rings (SSSR count). The van der Waals surface area contributed by atoms with Crippen LogP contribution in [-0.2, 0) is 31.7 Å². The van der Waals surface area contributed by atoms with Crippen LogP contribution in [0.3, 0.4) is 0 Å². The van der Waals surface area contributed by atoms with Crippen molar-refractivity contribution in [2.45, 2.75) is 110 Å². The van der Waals surface area contributed by atoms with E-state index in [0.717, 1.165) is 50.2 Å². The Morgan fingerprint density at radius 2 is 1.71 bits per heavy atom. The summed E-state index contributed by atoms with van der Waals surface area (Å²) in [6, 6.07) is 13.9. The average Bonchev–Trinajstić information content (AvgIpc) is 3.42. The molecule has 280 valence electrons. The minimum absolute atomic E-state index is 0. The molecule has 0 radical (unpaired) electrons. The monoisotopic (exact) mass is 731 g/mol. The van der Waals surface area contributed by atoms with Crippen molar-refractivity contribution in [3.8, 4) is 0 Å². The van der Waals surface area contributed by atoms with Crippen molar-refractivity contribution in [2.24, 2.45) is 28.6 Å². The summed E-state index contributed by atoms with van der Waals surface area (Å²) in [5.41, 5.74) is 2.27. The van der Waals surface area contributed by atoms with Gasteiger partial charge in [0, 0.05) is 30.8 Å². The zero-order chi connectivity index (χ0) is 36.1. The normalized spacial score (nSPS) is 28.7. The number of carbonyl (C=O) groups is 3. The summed E-state index contributed by atoms with van der Waals surface area (Å²) in [5.74, 6) is 2.02. The fourth-order valence-electron chi connectivity index (χ4n) is 9.35. The Balaban J connectivity index is 0.000000224. The smallest absolute Gasteiger partial charge is 0.416 e. The maximum absolute atomic E-state index is 12.7. The molecule has 0 bridgehead atoms. The molecular formula is C41H53ClF3NO5. The number of halogens is 4. The molecule has 3 fully saturated rings. The largest absolute Gasteiger partial charge is 0.462 e. The van der Waals surface area contributed by atoms with Gasteiger partial charge in [0.15, 0.2) is 5.78 Å². The molecule has 10 heteroatoms. The van der Waals surface area contributed by atoms with E-state index in [0.29, 0.717) is 48.1 Å². The van der Waals surface area contributed by atoms with Gasteiger partial charge in [0.25, 0.3) is 0 Å². The highest BCUT2D eigenvalue weighted by atomic mass is 35.5. The van der Waals surface area contributed by atoms with Crippen LogP contribution in [0.15, 0.2) is 66.2 Å². The van der Waals surface area contributed by atoms with Gasteiger partial charge >= 0.3 is 18.1 Å². The van der Waals surface area contributed by atoms with Gasteiger partial charge in [0.2, 0.25) is 0 Å². The van der Waals surface area contributed by atoms with Gasteiger partial charge in [-0.3, -0.25) is 9.59 Å². The van der Waals surface area contributed by atoms with Crippen molar-refractivity contribution in [3.05, 3.63) is 82.9 Å².